The van der Waals surface area contributed by atoms with E-state index in [0.717, 1.165) is 24.1 Å². The molecule has 2 aromatic rings. The smallest absolute Gasteiger partial charge is 0.165 e. The van der Waals surface area contributed by atoms with E-state index in [0.29, 0.717) is 16.7 Å². The molecule has 2 aromatic carbocycles. The number of alkyl halides is 1. The summed E-state index contributed by atoms with van der Waals surface area (Å²) in [5, 5.41) is 0. The van der Waals surface area contributed by atoms with Crippen LogP contribution < -0.4 is 0 Å². The number of halogens is 3. The van der Waals surface area contributed by atoms with E-state index >= 15 is 4.39 Å². The lowest BCUT2D eigenvalue weighted by molar-refractivity contribution is 0.249. The van der Waals surface area contributed by atoms with Crippen LogP contribution in [0.5, 0.6) is 0 Å². The van der Waals surface area contributed by atoms with Gasteiger partial charge < -0.3 is 0 Å². The van der Waals surface area contributed by atoms with Crippen LogP contribution in [0.15, 0.2) is 60.7 Å². The summed E-state index contributed by atoms with van der Waals surface area (Å²) < 4.78 is 42.5. The molecule has 0 amide bonds. The molecule has 0 heterocycles. The third-order valence-electron chi connectivity index (χ3n) is 4.28. The van der Waals surface area contributed by atoms with E-state index in [1.807, 2.05) is 19.1 Å². The Morgan fingerprint density at radius 1 is 1.00 bits per heavy atom. The van der Waals surface area contributed by atoms with Crippen molar-refractivity contribution >= 4 is 5.57 Å². The monoisotopic (exact) mass is 314 g/mol. The van der Waals surface area contributed by atoms with Gasteiger partial charge in [0.2, 0.25) is 0 Å². The molecule has 0 spiro atoms. The molecule has 118 valence electrons. The Kier molecular flexibility index (Phi) is 4.12. The van der Waals surface area contributed by atoms with Gasteiger partial charge in [-0.1, -0.05) is 55.5 Å². The van der Waals surface area contributed by atoms with E-state index in [9.17, 15) is 8.78 Å². The van der Waals surface area contributed by atoms with Crippen molar-refractivity contribution in [2.45, 2.75) is 25.4 Å². The highest BCUT2D eigenvalue weighted by molar-refractivity contribution is 5.76. The van der Waals surface area contributed by atoms with Crippen molar-refractivity contribution < 1.29 is 13.2 Å². The molecule has 0 nitrogen and oxygen atoms in total. The van der Waals surface area contributed by atoms with Crippen LogP contribution in [0.25, 0.3) is 5.57 Å². The fourth-order valence-electron chi connectivity index (χ4n) is 2.90. The predicted molar refractivity (Wildman–Crippen MR) is 86.7 cm³/mol. The third-order valence-corrected chi connectivity index (χ3v) is 4.28. The van der Waals surface area contributed by atoms with Gasteiger partial charge in [0.1, 0.15) is 0 Å². The summed E-state index contributed by atoms with van der Waals surface area (Å²) in [4.78, 5) is 0. The van der Waals surface area contributed by atoms with E-state index in [-0.39, 0.29) is 6.42 Å². The molecule has 0 bridgehead atoms. The molecule has 0 aromatic heterocycles. The Labute approximate surface area is 134 Å². The van der Waals surface area contributed by atoms with Crippen molar-refractivity contribution in [2.24, 2.45) is 0 Å². The SMILES string of the molecule is CCc1ccc(C2(F)CC=CC=C2c2ccc(F)c(F)c2)cc1. The van der Waals surface area contributed by atoms with E-state index in [2.05, 4.69) is 0 Å². The first-order chi connectivity index (χ1) is 11.0. The fourth-order valence-corrected chi connectivity index (χ4v) is 2.90. The summed E-state index contributed by atoms with van der Waals surface area (Å²) in [5.74, 6) is -1.90. The highest BCUT2D eigenvalue weighted by atomic mass is 19.2. The predicted octanol–water partition coefficient (Wildman–Crippen LogP) is 5.74. The number of benzene rings is 2. The number of rotatable bonds is 3. The van der Waals surface area contributed by atoms with E-state index in [1.165, 1.54) is 6.07 Å². The van der Waals surface area contributed by atoms with Gasteiger partial charge in [0, 0.05) is 12.0 Å². The normalized spacial score (nSPS) is 20.4. The molecular weight excluding hydrogens is 297 g/mol. The Balaban J connectivity index is 2.07. The molecule has 0 radical (unpaired) electrons. The van der Waals surface area contributed by atoms with Gasteiger partial charge in [-0.25, -0.2) is 13.2 Å². The average molecular weight is 314 g/mol. The first-order valence-electron chi connectivity index (χ1n) is 7.65. The van der Waals surface area contributed by atoms with Crippen LogP contribution in [0.3, 0.4) is 0 Å². The largest absolute Gasteiger partial charge is 0.233 e. The zero-order chi connectivity index (χ0) is 16.4. The van der Waals surface area contributed by atoms with Crippen LogP contribution in [0, 0.1) is 11.6 Å². The molecule has 1 aliphatic rings. The van der Waals surface area contributed by atoms with E-state index < -0.39 is 17.3 Å². The first-order valence-corrected chi connectivity index (χ1v) is 7.65. The van der Waals surface area contributed by atoms with E-state index in [1.54, 1.807) is 30.4 Å². The summed E-state index contributed by atoms with van der Waals surface area (Å²) in [6.45, 7) is 2.04. The molecular formula is C20H17F3. The second kappa shape index (κ2) is 6.07. The van der Waals surface area contributed by atoms with Crippen LogP contribution in [0.4, 0.5) is 13.2 Å². The van der Waals surface area contributed by atoms with Crippen molar-refractivity contribution in [1.29, 1.82) is 0 Å². The van der Waals surface area contributed by atoms with Crippen molar-refractivity contribution in [1.82, 2.24) is 0 Å². The minimum absolute atomic E-state index is 0.170. The summed E-state index contributed by atoms with van der Waals surface area (Å²) >= 11 is 0. The molecule has 0 saturated carbocycles. The summed E-state index contributed by atoms with van der Waals surface area (Å²) in [7, 11) is 0. The number of allylic oxidation sites excluding steroid dienone is 4. The molecule has 0 aliphatic heterocycles. The van der Waals surface area contributed by atoms with E-state index in [4.69, 9.17) is 0 Å². The molecule has 23 heavy (non-hydrogen) atoms. The maximum atomic E-state index is 15.8. The summed E-state index contributed by atoms with van der Waals surface area (Å²) in [6, 6.07) is 10.8. The van der Waals surface area contributed by atoms with Crippen molar-refractivity contribution in [3.05, 3.63) is 89.0 Å². The van der Waals surface area contributed by atoms with Crippen molar-refractivity contribution in [3.8, 4) is 0 Å². The zero-order valence-corrected chi connectivity index (χ0v) is 12.8. The molecule has 1 unspecified atom stereocenters. The van der Waals surface area contributed by atoms with Crippen LogP contribution in [-0.2, 0) is 12.1 Å². The van der Waals surface area contributed by atoms with Gasteiger partial charge in [0.15, 0.2) is 17.3 Å². The lowest BCUT2D eigenvalue weighted by atomic mass is 9.79. The number of aryl methyl sites for hydroxylation is 1. The van der Waals surface area contributed by atoms with Gasteiger partial charge in [-0.15, -0.1) is 0 Å². The standard InChI is InChI=1S/C20H17F3/c1-2-14-6-9-16(10-7-14)20(23)12-4-3-5-17(20)15-8-11-18(21)19(22)13-15/h3-11,13H,2,12H2,1H3. The zero-order valence-electron chi connectivity index (χ0n) is 12.8. The molecule has 0 saturated heterocycles. The minimum Gasteiger partial charge on any atom is -0.233 e. The number of hydrogen-bond donors (Lipinski definition) is 0. The molecule has 3 heteroatoms. The quantitative estimate of drug-likeness (QED) is 0.678. The second-order valence-electron chi connectivity index (χ2n) is 5.69. The minimum atomic E-state index is -1.74. The Hall–Kier alpha value is -2.29. The molecule has 1 aliphatic carbocycles. The molecule has 0 fully saturated rings. The van der Waals surface area contributed by atoms with Crippen LogP contribution in [-0.4, -0.2) is 0 Å². The maximum absolute atomic E-state index is 15.8. The lowest BCUT2D eigenvalue weighted by Crippen LogP contribution is -2.23. The highest BCUT2D eigenvalue weighted by Gasteiger charge is 2.37. The van der Waals surface area contributed by atoms with Gasteiger partial charge in [-0.3, -0.25) is 0 Å². The topological polar surface area (TPSA) is 0 Å². The van der Waals surface area contributed by atoms with Gasteiger partial charge in [-0.2, -0.15) is 0 Å². The number of hydrogen-bond acceptors (Lipinski definition) is 0. The van der Waals surface area contributed by atoms with Crippen molar-refractivity contribution in [3.63, 3.8) is 0 Å². The molecule has 3 rings (SSSR count). The fraction of sp³-hybridized carbons (Fsp3) is 0.200. The highest BCUT2D eigenvalue weighted by Crippen LogP contribution is 2.45. The van der Waals surface area contributed by atoms with Gasteiger partial charge in [0.25, 0.3) is 0 Å². The average Bonchev–Trinajstić information content (AvgIpc) is 2.58. The Bertz CT molecular complexity index is 772. The van der Waals surface area contributed by atoms with Gasteiger partial charge in [0.05, 0.1) is 0 Å². The summed E-state index contributed by atoms with van der Waals surface area (Å²) in [6.07, 6.45) is 6.17. The maximum Gasteiger partial charge on any atom is 0.165 e. The third kappa shape index (κ3) is 2.83. The summed E-state index contributed by atoms with van der Waals surface area (Å²) in [5.41, 5.74) is 0.612. The van der Waals surface area contributed by atoms with Gasteiger partial charge in [-0.05, 0) is 35.2 Å². The molecule has 0 N–H and O–H groups in total. The Morgan fingerprint density at radius 3 is 2.39 bits per heavy atom. The Morgan fingerprint density at radius 2 is 1.74 bits per heavy atom. The molecule has 1 atom stereocenters. The van der Waals surface area contributed by atoms with Gasteiger partial charge >= 0.3 is 0 Å². The lowest BCUT2D eigenvalue weighted by Gasteiger charge is -2.30. The van der Waals surface area contributed by atoms with Crippen LogP contribution in [0.1, 0.15) is 30.0 Å². The van der Waals surface area contributed by atoms with Crippen LogP contribution in [0.2, 0.25) is 0 Å². The first kappa shape index (κ1) is 15.6. The van der Waals surface area contributed by atoms with Crippen molar-refractivity contribution in [2.75, 3.05) is 0 Å². The van der Waals surface area contributed by atoms with Crippen LogP contribution >= 0.6 is 0 Å². The second-order valence-corrected chi connectivity index (χ2v) is 5.69.